The fourth-order valence-corrected chi connectivity index (χ4v) is 3.24. The zero-order valence-electron chi connectivity index (χ0n) is 16.3. The van der Waals surface area contributed by atoms with Crippen molar-refractivity contribution in [2.24, 2.45) is 0 Å². The lowest BCUT2D eigenvalue weighted by Crippen LogP contribution is -2.46. The van der Waals surface area contributed by atoms with E-state index in [1.807, 2.05) is 56.6 Å². The monoisotopic (exact) mass is 368 g/mol. The third-order valence-electron chi connectivity index (χ3n) is 5.08. The topological polar surface area (TPSA) is 50.8 Å². The molecule has 2 aromatic carbocycles. The highest BCUT2D eigenvalue weighted by Gasteiger charge is 2.52. The van der Waals surface area contributed by atoms with E-state index in [2.05, 4.69) is 22.3 Å². The number of carbonyl (C=O) groups excluding carboxylic acids is 1. The predicted octanol–water partition coefficient (Wildman–Crippen LogP) is 3.06. The maximum atomic E-state index is 12.7. The molecule has 1 N–H and O–H groups in total. The van der Waals surface area contributed by atoms with Gasteiger partial charge in [0, 0.05) is 17.5 Å². The van der Waals surface area contributed by atoms with Crippen LogP contribution in [0.2, 0.25) is 0 Å². The predicted molar refractivity (Wildman–Crippen MR) is 106 cm³/mol. The number of benzene rings is 2. The quantitative estimate of drug-likeness (QED) is 0.691. The molecule has 2 aromatic rings. The lowest BCUT2D eigenvalue weighted by molar-refractivity contribution is -0.000863. The van der Waals surface area contributed by atoms with Crippen LogP contribution in [-0.2, 0) is 10.2 Å². The van der Waals surface area contributed by atoms with Crippen molar-refractivity contribution in [2.45, 2.75) is 24.5 Å². The lowest BCUT2D eigenvalue weighted by Gasteiger charge is -2.29. The summed E-state index contributed by atoms with van der Waals surface area (Å²) in [5, 5.41) is 3.13. The van der Waals surface area contributed by atoms with Gasteiger partial charge in [0.05, 0.1) is 13.7 Å². The zero-order chi connectivity index (χ0) is 19.3. The minimum absolute atomic E-state index is 0.106. The van der Waals surface area contributed by atoms with Crippen LogP contribution >= 0.6 is 0 Å². The molecule has 1 aliphatic rings. The second-order valence-corrected chi connectivity index (χ2v) is 7.28. The van der Waals surface area contributed by atoms with Gasteiger partial charge in [-0.1, -0.05) is 30.3 Å². The number of nitrogens with one attached hydrogen (secondary N) is 1. The number of hydrogen-bond acceptors (Lipinski definition) is 4. The van der Waals surface area contributed by atoms with Crippen molar-refractivity contribution in [3.8, 4) is 5.75 Å². The fourth-order valence-electron chi connectivity index (χ4n) is 3.24. The minimum atomic E-state index is -0.362. The Hall–Kier alpha value is -2.37. The van der Waals surface area contributed by atoms with Crippen molar-refractivity contribution in [2.75, 3.05) is 34.4 Å². The minimum Gasteiger partial charge on any atom is -0.497 e. The molecule has 1 aliphatic carbocycles. The maximum Gasteiger partial charge on any atom is 0.253 e. The third kappa shape index (κ3) is 4.67. The number of nitrogens with zero attached hydrogens (tertiary/aromatic N) is 1. The largest absolute Gasteiger partial charge is 0.497 e. The van der Waals surface area contributed by atoms with Crippen LogP contribution in [-0.4, -0.2) is 51.4 Å². The molecule has 144 valence electrons. The van der Waals surface area contributed by atoms with Crippen molar-refractivity contribution < 1.29 is 14.3 Å². The van der Waals surface area contributed by atoms with E-state index in [9.17, 15) is 4.79 Å². The summed E-state index contributed by atoms with van der Waals surface area (Å²) in [5.74, 6) is 0.721. The summed E-state index contributed by atoms with van der Waals surface area (Å²) in [6.07, 6.45) is 1.61. The first kappa shape index (κ1) is 19.4. The first-order chi connectivity index (χ1) is 13.0. The van der Waals surface area contributed by atoms with Gasteiger partial charge in [0.25, 0.3) is 5.91 Å². The molecule has 0 radical (unpaired) electrons. The molecular formula is C22H28N2O3. The van der Waals surface area contributed by atoms with Gasteiger partial charge in [-0.25, -0.2) is 0 Å². The maximum absolute atomic E-state index is 12.7. The van der Waals surface area contributed by atoms with Crippen LogP contribution in [0.3, 0.4) is 0 Å². The average Bonchev–Trinajstić information content (AvgIpc) is 3.49. The number of carbonyl (C=O) groups is 1. The van der Waals surface area contributed by atoms with Crippen molar-refractivity contribution in [3.05, 3.63) is 65.7 Å². The molecule has 1 unspecified atom stereocenters. The number of methoxy groups -OCH3 is 1. The van der Waals surface area contributed by atoms with Crippen LogP contribution < -0.4 is 10.1 Å². The van der Waals surface area contributed by atoms with Crippen LogP contribution in [0, 0.1) is 0 Å². The first-order valence-corrected chi connectivity index (χ1v) is 9.32. The molecule has 0 bridgehead atoms. The molecule has 0 heterocycles. The van der Waals surface area contributed by atoms with Gasteiger partial charge >= 0.3 is 0 Å². The van der Waals surface area contributed by atoms with Crippen LogP contribution in [0.15, 0.2) is 54.6 Å². The van der Waals surface area contributed by atoms with Crippen LogP contribution in [0.4, 0.5) is 0 Å². The Morgan fingerprint density at radius 3 is 2.33 bits per heavy atom. The Bertz CT molecular complexity index is 740. The second kappa shape index (κ2) is 8.55. The summed E-state index contributed by atoms with van der Waals surface area (Å²) >= 11 is 0. The smallest absolute Gasteiger partial charge is 0.253 e. The molecule has 0 aromatic heterocycles. The Morgan fingerprint density at radius 1 is 1.11 bits per heavy atom. The Morgan fingerprint density at radius 2 is 1.78 bits per heavy atom. The Balaban J connectivity index is 1.79. The normalized spacial score (nSPS) is 16.0. The van der Waals surface area contributed by atoms with E-state index >= 15 is 0 Å². The molecule has 5 heteroatoms. The molecule has 1 fully saturated rings. The van der Waals surface area contributed by atoms with Crippen molar-refractivity contribution in [1.29, 1.82) is 0 Å². The molecule has 1 amide bonds. The Labute approximate surface area is 161 Å². The van der Waals surface area contributed by atoms with Gasteiger partial charge in [-0.3, -0.25) is 4.79 Å². The SMILES string of the molecule is COc1ccc(C2(C(NC(=O)c3ccccc3)OCCN(C)C)CC2)cc1. The number of ether oxygens (including phenoxy) is 2. The van der Waals surface area contributed by atoms with Crippen LogP contribution in [0.25, 0.3) is 0 Å². The third-order valence-corrected chi connectivity index (χ3v) is 5.08. The Kier molecular flexibility index (Phi) is 6.14. The van der Waals surface area contributed by atoms with E-state index in [1.165, 1.54) is 5.56 Å². The van der Waals surface area contributed by atoms with Crippen molar-refractivity contribution >= 4 is 5.91 Å². The van der Waals surface area contributed by atoms with Gasteiger partial charge < -0.3 is 19.7 Å². The van der Waals surface area contributed by atoms with E-state index in [0.29, 0.717) is 12.2 Å². The van der Waals surface area contributed by atoms with Crippen LogP contribution in [0.1, 0.15) is 28.8 Å². The fraction of sp³-hybridized carbons (Fsp3) is 0.409. The highest BCUT2D eigenvalue weighted by molar-refractivity contribution is 5.94. The molecule has 1 atom stereocenters. The van der Waals surface area contributed by atoms with Gasteiger partial charge in [0.2, 0.25) is 0 Å². The number of likely N-dealkylation sites (N-methyl/N-ethyl adjacent to an activating group) is 1. The van der Waals surface area contributed by atoms with E-state index in [4.69, 9.17) is 9.47 Å². The number of amides is 1. The number of hydrogen-bond donors (Lipinski definition) is 1. The van der Waals surface area contributed by atoms with E-state index in [1.54, 1.807) is 7.11 Å². The molecule has 1 saturated carbocycles. The van der Waals surface area contributed by atoms with Gasteiger partial charge in [-0.2, -0.15) is 0 Å². The van der Waals surface area contributed by atoms with E-state index in [-0.39, 0.29) is 17.6 Å². The van der Waals surface area contributed by atoms with Gasteiger partial charge in [0.1, 0.15) is 12.0 Å². The van der Waals surface area contributed by atoms with E-state index in [0.717, 1.165) is 25.1 Å². The summed E-state index contributed by atoms with van der Waals surface area (Å²) in [5.41, 5.74) is 1.64. The van der Waals surface area contributed by atoms with Crippen molar-refractivity contribution in [3.63, 3.8) is 0 Å². The molecule has 0 aliphatic heterocycles. The molecule has 0 saturated heterocycles. The summed E-state index contributed by atoms with van der Waals surface area (Å²) in [4.78, 5) is 14.8. The average molecular weight is 368 g/mol. The van der Waals surface area contributed by atoms with Gasteiger partial charge in [0.15, 0.2) is 0 Å². The van der Waals surface area contributed by atoms with Gasteiger partial charge in [-0.05, 0) is 56.8 Å². The van der Waals surface area contributed by atoms with Crippen LogP contribution in [0.5, 0.6) is 5.75 Å². The standard InChI is InChI=1S/C22H28N2O3/c1-24(2)15-16-27-21(23-20(25)17-7-5-4-6-8-17)22(13-14-22)18-9-11-19(26-3)12-10-18/h4-12,21H,13-16H2,1-3H3,(H,23,25). The highest BCUT2D eigenvalue weighted by atomic mass is 16.5. The number of rotatable bonds is 9. The summed E-state index contributed by atoms with van der Waals surface area (Å²) < 4.78 is 11.4. The second-order valence-electron chi connectivity index (χ2n) is 7.28. The van der Waals surface area contributed by atoms with E-state index < -0.39 is 0 Å². The first-order valence-electron chi connectivity index (χ1n) is 9.32. The summed E-state index contributed by atoms with van der Waals surface area (Å²) in [7, 11) is 5.68. The molecular weight excluding hydrogens is 340 g/mol. The molecule has 3 rings (SSSR count). The lowest BCUT2D eigenvalue weighted by atomic mass is 9.93. The highest BCUT2D eigenvalue weighted by Crippen LogP contribution is 2.51. The zero-order valence-corrected chi connectivity index (χ0v) is 16.3. The summed E-state index contributed by atoms with van der Waals surface area (Å²) in [6, 6.07) is 17.3. The molecule has 5 nitrogen and oxygen atoms in total. The van der Waals surface area contributed by atoms with Gasteiger partial charge in [-0.15, -0.1) is 0 Å². The van der Waals surface area contributed by atoms with Crippen molar-refractivity contribution in [1.82, 2.24) is 10.2 Å². The molecule has 0 spiro atoms. The summed E-state index contributed by atoms with van der Waals surface area (Å²) in [6.45, 7) is 1.36. The molecule has 27 heavy (non-hydrogen) atoms.